The number of sulfone groups is 1. The molecule has 0 aliphatic heterocycles. The summed E-state index contributed by atoms with van der Waals surface area (Å²) in [6.07, 6.45) is -0.308. The molecule has 0 bridgehead atoms. The van der Waals surface area contributed by atoms with Crippen LogP contribution in [0.2, 0.25) is 0 Å². The Balaban J connectivity index is 2.08. The number of nitrogens with zero attached hydrogens (tertiary/aromatic N) is 1. The first-order valence-electron chi connectivity index (χ1n) is 9.24. The second-order valence-corrected chi connectivity index (χ2v) is 10.4. The third kappa shape index (κ3) is 5.64. The molecule has 2 aromatic rings. The number of hydrogen-bond acceptors (Lipinski definition) is 4. The van der Waals surface area contributed by atoms with E-state index in [1.54, 1.807) is 12.1 Å². The molecule has 5 nitrogen and oxygen atoms in total. The van der Waals surface area contributed by atoms with Gasteiger partial charge in [0.25, 0.3) is 0 Å². The maximum atomic E-state index is 13.0. The molecular formula is C22H25FN2O3S. The summed E-state index contributed by atoms with van der Waals surface area (Å²) in [6, 6.07) is 13.0. The van der Waals surface area contributed by atoms with Gasteiger partial charge in [0, 0.05) is 6.42 Å². The molecule has 0 heterocycles. The van der Waals surface area contributed by atoms with Crippen LogP contribution in [-0.2, 0) is 20.0 Å². The van der Waals surface area contributed by atoms with Gasteiger partial charge in [-0.25, -0.2) is 12.8 Å². The minimum atomic E-state index is -3.79. The molecule has 2 unspecified atom stereocenters. The molecular weight excluding hydrogens is 391 g/mol. The van der Waals surface area contributed by atoms with Crippen molar-refractivity contribution in [3.05, 3.63) is 65.5 Å². The van der Waals surface area contributed by atoms with E-state index in [0.717, 1.165) is 17.7 Å². The fourth-order valence-electron chi connectivity index (χ4n) is 2.81. The van der Waals surface area contributed by atoms with Crippen molar-refractivity contribution in [2.45, 2.75) is 55.7 Å². The van der Waals surface area contributed by atoms with Crippen LogP contribution < -0.4 is 5.32 Å². The monoisotopic (exact) mass is 416 g/mol. The predicted octanol–water partition coefficient (Wildman–Crippen LogP) is 4.06. The zero-order valence-electron chi connectivity index (χ0n) is 16.9. The molecule has 154 valence electrons. The van der Waals surface area contributed by atoms with Gasteiger partial charge in [-0.15, -0.1) is 0 Å². The van der Waals surface area contributed by atoms with Crippen molar-refractivity contribution >= 4 is 15.7 Å². The Morgan fingerprint density at radius 2 is 1.66 bits per heavy atom. The normalized spacial score (nSPS) is 13.9. The largest absolute Gasteiger partial charge is 0.337 e. The first-order chi connectivity index (χ1) is 13.4. The van der Waals surface area contributed by atoms with Crippen LogP contribution in [0.25, 0.3) is 0 Å². The third-order valence-corrected chi connectivity index (χ3v) is 6.84. The van der Waals surface area contributed by atoms with Gasteiger partial charge in [-0.05, 0) is 47.7 Å². The lowest BCUT2D eigenvalue weighted by Gasteiger charge is -2.20. The van der Waals surface area contributed by atoms with Crippen molar-refractivity contribution < 1.29 is 17.6 Å². The predicted molar refractivity (Wildman–Crippen MR) is 109 cm³/mol. The molecule has 1 N–H and O–H groups in total. The second-order valence-electron chi connectivity index (χ2n) is 8.02. The van der Waals surface area contributed by atoms with E-state index in [4.69, 9.17) is 0 Å². The van der Waals surface area contributed by atoms with Crippen LogP contribution in [0.3, 0.4) is 0 Å². The lowest BCUT2D eigenvalue weighted by molar-refractivity contribution is -0.121. The van der Waals surface area contributed by atoms with E-state index >= 15 is 0 Å². The lowest BCUT2D eigenvalue weighted by atomic mass is 9.86. The van der Waals surface area contributed by atoms with Crippen LogP contribution in [0.1, 0.15) is 51.3 Å². The molecule has 2 atom stereocenters. The number of rotatable bonds is 6. The Labute approximate surface area is 171 Å². The van der Waals surface area contributed by atoms with Gasteiger partial charge in [-0.3, -0.25) is 4.79 Å². The number of carbonyl (C=O) groups excluding carboxylic acids is 1. The molecule has 0 aromatic heterocycles. The molecule has 0 aliphatic rings. The molecule has 2 aromatic carbocycles. The SMILES string of the molecule is CC(CC(=O)NC(C#N)c1ccc(C(C)(C)C)cc1)S(=O)(=O)c1ccc(F)cc1. The lowest BCUT2D eigenvalue weighted by Crippen LogP contribution is -2.32. The van der Waals surface area contributed by atoms with Gasteiger partial charge >= 0.3 is 0 Å². The number of carbonyl (C=O) groups is 1. The molecule has 0 saturated carbocycles. The van der Waals surface area contributed by atoms with Crippen molar-refractivity contribution in [3.8, 4) is 6.07 Å². The topological polar surface area (TPSA) is 87.0 Å². The van der Waals surface area contributed by atoms with E-state index in [-0.39, 0.29) is 16.7 Å². The molecule has 0 aliphatic carbocycles. The number of hydrogen-bond donors (Lipinski definition) is 1. The van der Waals surface area contributed by atoms with Gasteiger partial charge in [0.15, 0.2) is 9.84 Å². The first-order valence-corrected chi connectivity index (χ1v) is 10.8. The van der Waals surface area contributed by atoms with Gasteiger partial charge in [0.1, 0.15) is 11.9 Å². The smallest absolute Gasteiger partial charge is 0.222 e. The van der Waals surface area contributed by atoms with E-state index in [1.165, 1.54) is 19.1 Å². The average molecular weight is 417 g/mol. The van der Waals surface area contributed by atoms with Gasteiger partial charge in [-0.2, -0.15) is 5.26 Å². The van der Waals surface area contributed by atoms with E-state index in [0.29, 0.717) is 5.56 Å². The fourth-order valence-corrected chi connectivity index (χ4v) is 4.16. The molecule has 2 rings (SSSR count). The number of amides is 1. The minimum Gasteiger partial charge on any atom is -0.337 e. The fraction of sp³-hybridized carbons (Fsp3) is 0.364. The van der Waals surface area contributed by atoms with Crippen molar-refractivity contribution in [1.82, 2.24) is 5.32 Å². The van der Waals surface area contributed by atoms with Crippen molar-refractivity contribution in [2.24, 2.45) is 0 Å². The van der Waals surface area contributed by atoms with E-state index in [9.17, 15) is 22.9 Å². The highest BCUT2D eigenvalue weighted by atomic mass is 32.2. The van der Waals surface area contributed by atoms with Crippen LogP contribution in [0.4, 0.5) is 4.39 Å². The second kappa shape index (κ2) is 8.75. The van der Waals surface area contributed by atoms with Crippen LogP contribution in [0.15, 0.2) is 53.4 Å². The maximum Gasteiger partial charge on any atom is 0.222 e. The van der Waals surface area contributed by atoms with E-state index in [2.05, 4.69) is 26.1 Å². The van der Waals surface area contributed by atoms with Gasteiger partial charge < -0.3 is 5.32 Å². The summed E-state index contributed by atoms with van der Waals surface area (Å²) < 4.78 is 38.2. The van der Waals surface area contributed by atoms with Gasteiger partial charge in [-0.1, -0.05) is 45.0 Å². The summed E-state index contributed by atoms with van der Waals surface area (Å²) in [4.78, 5) is 12.3. The van der Waals surface area contributed by atoms with Crippen LogP contribution in [0.5, 0.6) is 0 Å². The zero-order valence-corrected chi connectivity index (χ0v) is 17.8. The first kappa shape index (κ1) is 22.6. The van der Waals surface area contributed by atoms with Crippen LogP contribution in [0, 0.1) is 17.1 Å². The summed E-state index contributed by atoms with van der Waals surface area (Å²) in [7, 11) is -3.79. The standard InChI is InChI=1S/C22H25FN2O3S/c1-15(29(27,28)19-11-9-18(23)10-12-19)13-21(26)25-20(14-24)16-5-7-17(8-6-16)22(2,3)4/h5-12,15,20H,13H2,1-4H3,(H,25,26). The summed E-state index contributed by atoms with van der Waals surface area (Å²) in [6.45, 7) is 7.65. The molecule has 29 heavy (non-hydrogen) atoms. The molecule has 0 fully saturated rings. The molecule has 0 saturated heterocycles. The highest BCUT2D eigenvalue weighted by Crippen LogP contribution is 2.24. The molecule has 7 heteroatoms. The Morgan fingerprint density at radius 1 is 1.10 bits per heavy atom. The minimum absolute atomic E-state index is 0.0337. The summed E-state index contributed by atoms with van der Waals surface area (Å²) in [5.41, 5.74) is 1.69. The Hall–Kier alpha value is -2.72. The molecule has 1 amide bonds. The summed E-state index contributed by atoms with van der Waals surface area (Å²) in [5.74, 6) is -1.08. The van der Waals surface area contributed by atoms with Crippen molar-refractivity contribution in [1.29, 1.82) is 5.26 Å². The number of nitrogens with one attached hydrogen (secondary N) is 1. The zero-order chi connectivity index (χ0) is 21.8. The van der Waals surface area contributed by atoms with E-state index in [1.807, 2.05) is 18.2 Å². The Kier molecular flexibility index (Phi) is 6.81. The van der Waals surface area contributed by atoms with Crippen LogP contribution >= 0.6 is 0 Å². The Morgan fingerprint density at radius 3 is 2.14 bits per heavy atom. The van der Waals surface area contributed by atoms with Crippen molar-refractivity contribution in [2.75, 3.05) is 0 Å². The maximum absolute atomic E-state index is 13.0. The number of nitriles is 1. The van der Waals surface area contributed by atoms with Crippen molar-refractivity contribution in [3.63, 3.8) is 0 Å². The number of benzene rings is 2. The quantitative estimate of drug-likeness (QED) is 0.720. The molecule has 0 spiro atoms. The van der Waals surface area contributed by atoms with Crippen LogP contribution in [-0.4, -0.2) is 19.6 Å². The highest BCUT2D eigenvalue weighted by molar-refractivity contribution is 7.92. The summed E-state index contributed by atoms with van der Waals surface area (Å²) in [5, 5.41) is 11.0. The van der Waals surface area contributed by atoms with Gasteiger partial charge in [0.05, 0.1) is 16.2 Å². The number of halogens is 1. The summed E-state index contributed by atoms with van der Waals surface area (Å²) >= 11 is 0. The third-order valence-electron chi connectivity index (χ3n) is 4.69. The molecule has 0 radical (unpaired) electrons. The highest BCUT2D eigenvalue weighted by Gasteiger charge is 2.27. The van der Waals surface area contributed by atoms with Gasteiger partial charge in [0.2, 0.25) is 5.91 Å². The van der Waals surface area contributed by atoms with E-state index < -0.39 is 32.9 Å². The Bertz CT molecular complexity index is 1000. The average Bonchev–Trinajstić information content (AvgIpc) is 2.65.